The van der Waals surface area contributed by atoms with Crippen LogP contribution in [0.1, 0.15) is 32.3 Å². The average Bonchev–Trinajstić information content (AvgIpc) is 2.97. The van der Waals surface area contributed by atoms with Crippen LogP contribution in [0, 0.1) is 0 Å². The van der Waals surface area contributed by atoms with Crippen LogP contribution >= 0.6 is 23.4 Å². The van der Waals surface area contributed by atoms with Gasteiger partial charge >= 0.3 is 11.9 Å². The second-order valence-electron chi connectivity index (χ2n) is 6.35. The molecule has 3 rings (SSSR count). The van der Waals surface area contributed by atoms with Crippen LogP contribution in [-0.2, 0) is 23.9 Å². The van der Waals surface area contributed by atoms with Gasteiger partial charge < -0.3 is 15.2 Å². The highest BCUT2D eigenvalue weighted by Crippen LogP contribution is 2.50. The molecule has 7 nitrogen and oxygen atoms in total. The van der Waals surface area contributed by atoms with E-state index in [1.54, 1.807) is 45.0 Å². The zero-order valence-electron chi connectivity index (χ0n) is 16.2. The molecule has 2 unspecified atom stereocenters. The zero-order valence-corrected chi connectivity index (χ0v) is 17.8. The van der Waals surface area contributed by atoms with Gasteiger partial charge in [-0.1, -0.05) is 41.6 Å². The molecule has 0 aliphatic carbocycles. The van der Waals surface area contributed by atoms with Gasteiger partial charge in [-0.3, -0.25) is 9.69 Å². The predicted octanol–water partition coefficient (Wildman–Crippen LogP) is 2.91. The summed E-state index contributed by atoms with van der Waals surface area (Å²) in [7, 11) is 0. The number of carbonyl (C=O) groups is 3. The summed E-state index contributed by atoms with van der Waals surface area (Å²) in [6.45, 7) is 5.29. The number of amides is 1. The Bertz CT molecular complexity index is 943. The van der Waals surface area contributed by atoms with E-state index < -0.39 is 23.1 Å². The standard InChI is InChI=1S/C20H21ClN2O5S/c1-4-27-19(25)14-13(11-8-6-7-9-12(11)21)15(20(26)28-5-2)18-23(16(14)22)17(24)10(3)29-18/h6-10,13H,4-5,22H2,1-3H3. The quantitative estimate of drug-likeness (QED) is 0.708. The predicted molar refractivity (Wildman–Crippen MR) is 110 cm³/mol. The fourth-order valence-electron chi connectivity index (χ4n) is 3.37. The van der Waals surface area contributed by atoms with Crippen molar-refractivity contribution in [2.75, 3.05) is 13.2 Å². The number of carbonyl (C=O) groups excluding carboxylic acids is 3. The highest BCUT2D eigenvalue weighted by molar-refractivity contribution is 8.04. The van der Waals surface area contributed by atoms with E-state index in [-0.39, 0.29) is 36.1 Å². The van der Waals surface area contributed by atoms with Crippen LogP contribution in [0.25, 0.3) is 0 Å². The Morgan fingerprint density at radius 1 is 1.14 bits per heavy atom. The zero-order chi connectivity index (χ0) is 21.3. The van der Waals surface area contributed by atoms with Crippen LogP contribution in [0.2, 0.25) is 5.02 Å². The van der Waals surface area contributed by atoms with Crippen molar-refractivity contribution in [3.05, 3.63) is 56.8 Å². The van der Waals surface area contributed by atoms with E-state index in [0.717, 1.165) is 0 Å². The lowest BCUT2D eigenvalue weighted by Crippen LogP contribution is -2.40. The minimum Gasteiger partial charge on any atom is -0.463 e. The molecule has 1 aromatic rings. The smallest absolute Gasteiger partial charge is 0.338 e. The topological polar surface area (TPSA) is 98.9 Å². The molecule has 1 fully saturated rings. The lowest BCUT2D eigenvalue weighted by Gasteiger charge is -2.33. The van der Waals surface area contributed by atoms with Gasteiger partial charge in [-0.25, -0.2) is 9.59 Å². The first-order valence-electron chi connectivity index (χ1n) is 9.16. The number of benzene rings is 1. The third kappa shape index (κ3) is 3.62. The van der Waals surface area contributed by atoms with Crippen LogP contribution in [-0.4, -0.2) is 41.2 Å². The van der Waals surface area contributed by atoms with E-state index in [1.807, 2.05) is 0 Å². The molecular weight excluding hydrogens is 416 g/mol. The van der Waals surface area contributed by atoms with Crippen molar-refractivity contribution in [2.45, 2.75) is 31.9 Å². The fraction of sp³-hybridized carbons (Fsp3) is 0.350. The molecule has 2 aliphatic heterocycles. The summed E-state index contributed by atoms with van der Waals surface area (Å²) in [6, 6.07) is 6.85. The van der Waals surface area contributed by atoms with E-state index >= 15 is 0 Å². The van der Waals surface area contributed by atoms with Crippen molar-refractivity contribution in [1.82, 2.24) is 4.90 Å². The maximum absolute atomic E-state index is 13.0. The third-order valence-corrected chi connectivity index (χ3v) is 6.12. The monoisotopic (exact) mass is 436 g/mol. The highest BCUT2D eigenvalue weighted by Gasteiger charge is 2.49. The summed E-state index contributed by atoms with van der Waals surface area (Å²) in [5.41, 5.74) is 6.95. The Morgan fingerprint density at radius 2 is 1.72 bits per heavy atom. The third-order valence-electron chi connectivity index (χ3n) is 4.59. The molecular formula is C20H21ClN2O5S. The summed E-state index contributed by atoms with van der Waals surface area (Å²) in [4.78, 5) is 39.8. The van der Waals surface area contributed by atoms with Gasteiger partial charge in [0.25, 0.3) is 0 Å². The van der Waals surface area contributed by atoms with E-state index in [1.165, 1.54) is 16.7 Å². The van der Waals surface area contributed by atoms with Crippen LogP contribution < -0.4 is 5.73 Å². The van der Waals surface area contributed by atoms with Gasteiger partial charge in [0.1, 0.15) is 5.82 Å². The first kappa shape index (κ1) is 21.3. The van der Waals surface area contributed by atoms with Crippen molar-refractivity contribution in [1.29, 1.82) is 0 Å². The number of nitrogens with zero attached hydrogens (tertiary/aromatic N) is 1. The summed E-state index contributed by atoms with van der Waals surface area (Å²) < 4.78 is 10.5. The molecule has 1 aromatic carbocycles. The molecule has 0 radical (unpaired) electrons. The molecule has 9 heteroatoms. The molecule has 2 atom stereocenters. The lowest BCUT2D eigenvalue weighted by atomic mass is 9.82. The van der Waals surface area contributed by atoms with Gasteiger partial charge in [0.2, 0.25) is 5.91 Å². The Labute approximate surface area is 177 Å². The van der Waals surface area contributed by atoms with Crippen molar-refractivity contribution in [2.24, 2.45) is 5.73 Å². The number of rotatable bonds is 5. The summed E-state index contributed by atoms with van der Waals surface area (Å²) in [5, 5.41) is 0.239. The number of ether oxygens (including phenoxy) is 2. The van der Waals surface area contributed by atoms with Crippen LogP contribution in [0.3, 0.4) is 0 Å². The number of fused-ring (bicyclic) bond motifs is 1. The summed E-state index contributed by atoms with van der Waals surface area (Å²) in [6.07, 6.45) is 0. The number of hydrogen-bond donors (Lipinski definition) is 1. The molecule has 1 saturated heterocycles. The van der Waals surface area contributed by atoms with E-state index in [4.69, 9.17) is 26.8 Å². The molecule has 0 bridgehead atoms. The van der Waals surface area contributed by atoms with E-state index in [2.05, 4.69) is 0 Å². The minimum absolute atomic E-state index is 0.00481. The van der Waals surface area contributed by atoms with Crippen molar-refractivity contribution >= 4 is 41.2 Å². The Kier molecular flexibility index (Phi) is 6.24. The van der Waals surface area contributed by atoms with Crippen LogP contribution in [0.15, 0.2) is 46.3 Å². The largest absolute Gasteiger partial charge is 0.463 e. The van der Waals surface area contributed by atoms with Crippen molar-refractivity contribution in [3.8, 4) is 0 Å². The molecule has 154 valence electrons. The van der Waals surface area contributed by atoms with Gasteiger partial charge in [0.05, 0.1) is 40.6 Å². The first-order chi connectivity index (χ1) is 13.8. The molecule has 2 aliphatic rings. The van der Waals surface area contributed by atoms with Gasteiger partial charge in [-0.15, -0.1) is 0 Å². The van der Waals surface area contributed by atoms with Crippen molar-refractivity contribution in [3.63, 3.8) is 0 Å². The van der Waals surface area contributed by atoms with E-state index in [9.17, 15) is 14.4 Å². The molecule has 0 aromatic heterocycles. The first-order valence-corrected chi connectivity index (χ1v) is 10.4. The lowest BCUT2D eigenvalue weighted by molar-refractivity contribution is -0.139. The van der Waals surface area contributed by atoms with Crippen LogP contribution in [0.4, 0.5) is 0 Å². The average molecular weight is 437 g/mol. The molecule has 0 spiro atoms. The van der Waals surface area contributed by atoms with E-state index in [0.29, 0.717) is 15.6 Å². The Balaban J connectivity index is 2.32. The van der Waals surface area contributed by atoms with Gasteiger partial charge in [0.15, 0.2) is 0 Å². The SMILES string of the molecule is CCOC(=O)C1=C(N)N2C(=O)C(C)SC2=C(C(=O)OCC)C1c1ccccc1Cl. The van der Waals surface area contributed by atoms with Crippen LogP contribution in [0.5, 0.6) is 0 Å². The van der Waals surface area contributed by atoms with Crippen molar-refractivity contribution < 1.29 is 23.9 Å². The number of esters is 2. The summed E-state index contributed by atoms with van der Waals surface area (Å²) >= 11 is 7.62. The number of thioether (sulfide) groups is 1. The number of halogens is 1. The highest BCUT2D eigenvalue weighted by atomic mass is 35.5. The normalized spacial score (nSPS) is 21.4. The molecule has 2 heterocycles. The minimum atomic E-state index is -0.918. The molecule has 2 N–H and O–H groups in total. The molecule has 29 heavy (non-hydrogen) atoms. The molecule has 0 saturated carbocycles. The van der Waals surface area contributed by atoms with Gasteiger partial charge in [-0.05, 0) is 32.4 Å². The number of nitrogens with two attached hydrogens (primary N) is 1. The molecule has 1 amide bonds. The summed E-state index contributed by atoms with van der Waals surface area (Å²) in [5.74, 6) is -2.64. The van der Waals surface area contributed by atoms with Gasteiger partial charge in [0, 0.05) is 5.02 Å². The second kappa shape index (κ2) is 8.51. The maximum Gasteiger partial charge on any atom is 0.338 e. The Morgan fingerprint density at radius 3 is 2.31 bits per heavy atom. The maximum atomic E-state index is 13.0. The number of hydrogen-bond acceptors (Lipinski definition) is 7. The van der Waals surface area contributed by atoms with Gasteiger partial charge in [-0.2, -0.15) is 0 Å². The fourth-order valence-corrected chi connectivity index (χ4v) is 4.77. The second-order valence-corrected chi connectivity index (χ2v) is 8.08. The Hall–Kier alpha value is -2.45.